The Kier molecular flexibility index (Phi) is 4.59. The van der Waals surface area contributed by atoms with Crippen molar-refractivity contribution >= 4 is 10.9 Å². The van der Waals surface area contributed by atoms with Crippen LogP contribution in [0.1, 0.15) is 11.1 Å². The number of benzene rings is 1. The number of fused-ring (bicyclic) bond motifs is 1. The van der Waals surface area contributed by atoms with Crippen molar-refractivity contribution in [2.45, 2.75) is 13.0 Å². The Bertz CT molecular complexity index is 850. The van der Waals surface area contributed by atoms with Crippen LogP contribution in [0.15, 0.2) is 42.9 Å². The molecule has 0 N–H and O–H groups in total. The van der Waals surface area contributed by atoms with E-state index in [0.717, 1.165) is 39.3 Å². The van der Waals surface area contributed by atoms with Crippen LogP contribution in [0.2, 0.25) is 0 Å². The second kappa shape index (κ2) is 7.02. The molecule has 0 aliphatic carbocycles. The first-order chi connectivity index (χ1) is 12.2. The molecule has 0 bridgehead atoms. The molecule has 1 aliphatic heterocycles. The van der Waals surface area contributed by atoms with Gasteiger partial charge in [0.2, 0.25) is 0 Å². The minimum atomic E-state index is 0.528. The third-order valence-electron chi connectivity index (χ3n) is 5.06. The molecule has 5 nitrogen and oxygen atoms in total. The van der Waals surface area contributed by atoms with E-state index in [0.29, 0.717) is 5.92 Å². The van der Waals surface area contributed by atoms with Gasteiger partial charge >= 0.3 is 0 Å². The second-order valence-corrected chi connectivity index (χ2v) is 7.22. The maximum Gasteiger partial charge on any atom is 0.0593 e. The lowest BCUT2D eigenvalue weighted by Gasteiger charge is -2.23. The molecule has 1 atom stereocenters. The zero-order valence-electron chi connectivity index (χ0n) is 15.1. The number of rotatable bonds is 4. The van der Waals surface area contributed by atoms with Gasteiger partial charge in [0, 0.05) is 57.2 Å². The van der Waals surface area contributed by atoms with Crippen LogP contribution in [0, 0.1) is 5.92 Å². The van der Waals surface area contributed by atoms with Crippen LogP contribution in [-0.2, 0) is 31.8 Å². The van der Waals surface area contributed by atoms with Crippen molar-refractivity contribution in [3.8, 4) is 0 Å². The number of ether oxygens (including phenoxy) is 1. The van der Waals surface area contributed by atoms with Gasteiger partial charge in [0.05, 0.1) is 19.4 Å². The zero-order chi connectivity index (χ0) is 17.2. The highest BCUT2D eigenvalue weighted by molar-refractivity contribution is 5.80. The minimum Gasteiger partial charge on any atom is -0.380 e. The van der Waals surface area contributed by atoms with Gasteiger partial charge in [0.15, 0.2) is 0 Å². The van der Waals surface area contributed by atoms with E-state index >= 15 is 0 Å². The fourth-order valence-corrected chi connectivity index (χ4v) is 3.82. The number of hydrogen-bond acceptors (Lipinski definition) is 3. The van der Waals surface area contributed by atoms with Crippen LogP contribution in [0.5, 0.6) is 0 Å². The normalized spacial score (nSPS) is 19.4. The third kappa shape index (κ3) is 3.78. The number of nitrogens with zero attached hydrogens (tertiary/aromatic N) is 4. The molecule has 5 heteroatoms. The van der Waals surface area contributed by atoms with E-state index in [4.69, 9.17) is 4.74 Å². The van der Waals surface area contributed by atoms with Crippen LogP contribution < -0.4 is 0 Å². The molecule has 1 aromatic carbocycles. The molecule has 1 unspecified atom stereocenters. The molecule has 0 amide bonds. The number of aromatic nitrogens is 3. The Morgan fingerprint density at radius 1 is 1.20 bits per heavy atom. The van der Waals surface area contributed by atoms with E-state index in [2.05, 4.69) is 58.3 Å². The molecule has 3 aromatic rings. The summed E-state index contributed by atoms with van der Waals surface area (Å²) in [5.41, 5.74) is 3.96. The van der Waals surface area contributed by atoms with Crippen molar-refractivity contribution in [1.29, 1.82) is 0 Å². The summed E-state index contributed by atoms with van der Waals surface area (Å²) in [5.74, 6) is 0.528. The van der Waals surface area contributed by atoms with Crippen LogP contribution in [0.3, 0.4) is 0 Å². The van der Waals surface area contributed by atoms with E-state index < -0.39 is 0 Å². The van der Waals surface area contributed by atoms with Crippen LogP contribution in [-0.4, -0.2) is 45.6 Å². The maximum absolute atomic E-state index is 5.88. The van der Waals surface area contributed by atoms with Crippen molar-refractivity contribution in [3.05, 3.63) is 54.0 Å². The summed E-state index contributed by atoms with van der Waals surface area (Å²) in [6, 6.07) is 9.01. The quantitative estimate of drug-likeness (QED) is 0.733. The third-order valence-corrected chi connectivity index (χ3v) is 5.06. The van der Waals surface area contributed by atoms with Gasteiger partial charge in [0.25, 0.3) is 0 Å². The van der Waals surface area contributed by atoms with Gasteiger partial charge in [-0.3, -0.25) is 9.58 Å². The first kappa shape index (κ1) is 16.4. The summed E-state index contributed by atoms with van der Waals surface area (Å²) >= 11 is 0. The van der Waals surface area contributed by atoms with Gasteiger partial charge in [-0.25, -0.2) is 0 Å². The highest BCUT2D eigenvalue weighted by Crippen LogP contribution is 2.21. The Hall–Kier alpha value is -2.11. The SMILES string of the molecule is Cn1cc(CN2CCOCC(Cc3ccc4c(ccn4C)c3)C2)cn1. The van der Waals surface area contributed by atoms with Gasteiger partial charge in [-0.2, -0.15) is 5.10 Å². The van der Waals surface area contributed by atoms with Gasteiger partial charge < -0.3 is 9.30 Å². The molecular formula is C20H26N4O. The summed E-state index contributed by atoms with van der Waals surface area (Å²) in [4.78, 5) is 2.50. The summed E-state index contributed by atoms with van der Waals surface area (Å²) in [6.07, 6.45) is 7.25. The van der Waals surface area contributed by atoms with Gasteiger partial charge in [-0.1, -0.05) is 6.07 Å². The van der Waals surface area contributed by atoms with E-state index in [9.17, 15) is 0 Å². The van der Waals surface area contributed by atoms with Crippen LogP contribution in [0.25, 0.3) is 10.9 Å². The molecule has 0 saturated carbocycles. The first-order valence-electron chi connectivity index (χ1n) is 8.99. The van der Waals surface area contributed by atoms with Crippen molar-refractivity contribution in [1.82, 2.24) is 19.2 Å². The Morgan fingerprint density at radius 3 is 2.96 bits per heavy atom. The average Bonchev–Trinajstić information content (AvgIpc) is 3.09. The largest absolute Gasteiger partial charge is 0.380 e. The molecule has 3 heterocycles. The lowest BCUT2D eigenvalue weighted by molar-refractivity contribution is 0.121. The maximum atomic E-state index is 5.88. The fraction of sp³-hybridized carbons (Fsp3) is 0.450. The van der Waals surface area contributed by atoms with Crippen molar-refractivity contribution < 1.29 is 4.74 Å². The Balaban J connectivity index is 1.44. The Labute approximate surface area is 148 Å². The predicted molar refractivity (Wildman–Crippen MR) is 99.4 cm³/mol. The lowest BCUT2D eigenvalue weighted by Crippen LogP contribution is -2.30. The van der Waals surface area contributed by atoms with Crippen molar-refractivity contribution in [2.75, 3.05) is 26.3 Å². The molecule has 25 heavy (non-hydrogen) atoms. The monoisotopic (exact) mass is 338 g/mol. The van der Waals surface area contributed by atoms with Crippen molar-refractivity contribution in [3.63, 3.8) is 0 Å². The summed E-state index contributed by atoms with van der Waals surface area (Å²) in [6.45, 7) is 4.67. The summed E-state index contributed by atoms with van der Waals surface area (Å²) in [7, 11) is 4.06. The number of hydrogen-bond donors (Lipinski definition) is 0. The zero-order valence-corrected chi connectivity index (χ0v) is 15.1. The van der Waals surface area contributed by atoms with Crippen molar-refractivity contribution in [2.24, 2.45) is 20.0 Å². The minimum absolute atomic E-state index is 0.528. The number of aryl methyl sites for hydroxylation is 2. The average molecular weight is 338 g/mol. The highest BCUT2D eigenvalue weighted by Gasteiger charge is 2.20. The molecule has 4 rings (SSSR count). The highest BCUT2D eigenvalue weighted by atomic mass is 16.5. The fourth-order valence-electron chi connectivity index (χ4n) is 3.82. The summed E-state index contributed by atoms with van der Waals surface area (Å²) < 4.78 is 9.92. The molecule has 0 spiro atoms. The summed E-state index contributed by atoms with van der Waals surface area (Å²) in [5, 5.41) is 5.60. The van der Waals surface area contributed by atoms with Gasteiger partial charge in [0.1, 0.15) is 0 Å². The van der Waals surface area contributed by atoms with Gasteiger partial charge in [-0.05, 0) is 41.5 Å². The first-order valence-corrected chi connectivity index (χ1v) is 8.99. The van der Waals surface area contributed by atoms with E-state index in [1.807, 2.05) is 17.9 Å². The second-order valence-electron chi connectivity index (χ2n) is 7.22. The molecule has 0 radical (unpaired) electrons. The molecular weight excluding hydrogens is 312 g/mol. The predicted octanol–water partition coefficient (Wildman–Crippen LogP) is 2.60. The Morgan fingerprint density at radius 2 is 2.12 bits per heavy atom. The van der Waals surface area contributed by atoms with Crippen LogP contribution >= 0.6 is 0 Å². The molecule has 1 aliphatic rings. The lowest BCUT2D eigenvalue weighted by atomic mass is 9.98. The smallest absolute Gasteiger partial charge is 0.0593 e. The van der Waals surface area contributed by atoms with Gasteiger partial charge in [-0.15, -0.1) is 0 Å². The van der Waals surface area contributed by atoms with E-state index in [1.165, 1.54) is 22.0 Å². The van der Waals surface area contributed by atoms with E-state index in [1.54, 1.807) is 0 Å². The molecule has 132 valence electrons. The molecule has 1 saturated heterocycles. The topological polar surface area (TPSA) is 35.2 Å². The molecule has 2 aromatic heterocycles. The van der Waals surface area contributed by atoms with E-state index in [-0.39, 0.29) is 0 Å². The standard InChI is InChI=1S/C20H26N4O/c1-22-6-5-19-10-16(3-4-20(19)22)9-17-13-24(7-8-25-15-17)14-18-11-21-23(2)12-18/h3-6,10-12,17H,7-9,13-15H2,1-2H3. The van der Waals surface area contributed by atoms with Crippen LogP contribution in [0.4, 0.5) is 0 Å². The molecule has 1 fully saturated rings.